The number of ether oxygens (including phenoxy) is 1. The lowest BCUT2D eigenvalue weighted by Gasteiger charge is -2.29. The van der Waals surface area contributed by atoms with E-state index < -0.39 is 0 Å². The molecule has 1 N–H and O–H groups in total. The van der Waals surface area contributed by atoms with Crippen LogP contribution < -0.4 is 5.32 Å². The lowest BCUT2D eigenvalue weighted by atomic mass is 10.1. The summed E-state index contributed by atoms with van der Waals surface area (Å²) in [7, 11) is 3.76. The molecule has 2 rings (SSSR count). The van der Waals surface area contributed by atoms with Crippen LogP contribution in [-0.4, -0.2) is 38.3 Å². The first kappa shape index (κ1) is 16.9. The van der Waals surface area contributed by atoms with Gasteiger partial charge in [0.05, 0.1) is 6.61 Å². The minimum atomic E-state index is 0.643. The summed E-state index contributed by atoms with van der Waals surface area (Å²) in [6.45, 7) is 6.05. The van der Waals surface area contributed by atoms with Crippen molar-refractivity contribution in [3.05, 3.63) is 33.8 Å². The molecule has 1 unspecified atom stereocenters. The fraction of sp³-hybridized carbons (Fsp3) is 0.647. The lowest BCUT2D eigenvalue weighted by Crippen LogP contribution is -2.36. The summed E-state index contributed by atoms with van der Waals surface area (Å²) < 4.78 is 6.49. The van der Waals surface area contributed by atoms with Crippen LogP contribution in [0.2, 0.25) is 0 Å². The summed E-state index contributed by atoms with van der Waals surface area (Å²) in [4.78, 5) is 2.55. The Bertz CT molecular complexity index is 448. The van der Waals surface area contributed by atoms with Gasteiger partial charge in [-0.05, 0) is 49.9 Å². The Morgan fingerprint density at radius 3 is 2.76 bits per heavy atom. The van der Waals surface area contributed by atoms with E-state index in [2.05, 4.69) is 51.3 Å². The van der Waals surface area contributed by atoms with Gasteiger partial charge in [0.1, 0.15) is 0 Å². The van der Waals surface area contributed by atoms with Gasteiger partial charge in [0.15, 0.2) is 0 Å². The van der Waals surface area contributed by atoms with Crippen molar-refractivity contribution in [2.24, 2.45) is 5.92 Å². The number of halogens is 1. The van der Waals surface area contributed by atoms with E-state index in [4.69, 9.17) is 4.74 Å². The van der Waals surface area contributed by atoms with Crippen LogP contribution in [0.5, 0.6) is 0 Å². The lowest BCUT2D eigenvalue weighted by molar-refractivity contribution is 0.111. The quantitative estimate of drug-likeness (QED) is 0.735. The molecule has 0 spiro atoms. The van der Waals surface area contributed by atoms with Gasteiger partial charge < -0.3 is 10.1 Å². The van der Waals surface area contributed by atoms with Crippen LogP contribution in [0.15, 0.2) is 22.7 Å². The molecule has 1 atom stereocenters. The van der Waals surface area contributed by atoms with Crippen molar-refractivity contribution in [3.63, 3.8) is 0 Å². The van der Waals surface area contributed by atoms with Crippen LogP contribution in [0.4, 0.5) is 0 Å². The van der Waals surface area contributed by atoms with Crippen LogP contribution in [-0.2, 0) is 17.8 Å². The van der Waals surface area contributed by atoms with Crippen LogP contribution in [0.1, 0.15) is 30.9 Å². The van der Waals surface area contributed by atoms with Crippen LogP contribution in [0, 0.1) is 5.92 Å². The molecule has 21 heavy (non-hydrogen) atoms. The summed E-state index contributed by atoms with van der Waals surface area (Å²) in [6, 6.07) is 7.33. The van der Waals surface area contributed by atoms with Crippen molar-refractivity contribution in [2.75, 3.05) is 27.3 Å². The van der Waals surface area contributed by atoms with Crippen LogP contribution >= 0.6 is 15.9 Å². The second-order valence-electron chi connectivity index (χ2n) is 6.00. The number of benzene rings is 1. The van der Waals surface area contributed by atoms with Crippen molar-refractivity contribution in [1.82, 2.24) is 10.2 Å². The number of nitrogens with zero attached hydrogens (tertiary/aromatic N) is 1. The SMILES string of the molecule is CNCc1ccc(CN(CCOC)C(C)C2CC2)c(Br)c1. The molecule has 1 aliphatic carbocycles. The topological polar surface area (TPSA) is 24.5 Å². The van der Waals surface area contributed by atoms with Crippen molar-refractivity contribution >= 4 is 15.9 Å². The van der Waals surface area contributed by atoms with Crippen molar-refractivity contribution in [3.8, 4) is 0 Å². The molecule has 1 aromatic carbocycles. The molecular formula is C17H27BrN2O. The van der Waals surface area contributed by atoms with E-state index in [1.807, 2.05) is 7.05 Å². The molecule has 4 heteroatoms. The fourth-order valence-corrected chi connectivity index (χ4v) is 3.32. The van der Waals surface area contributed by atoms with Gasteiger partial charge >= 0.3 is 0 Å². The van der Waals surface area contributed by atoms with Gasteiger partial charge in [-0.15, -0.1) is 0 Å². The van der Waals surface area contributed by atoms with Crippen LogP contribution in [0.25, 0.3) is 0 Å². The van der Waals surface area contributed by atoms with E-state index in [0.29, 0.717) is 6.04 Å². The standard InChI is InChI=1S/C17H27BrN2O/c1-13(15-6-7-15)20(8-9-21-3)12-16-5-4-14(11-19-2)10-17(16)18/h4-5,10,13,15,19H,6-9,11-12H2,1-3H3. The van der Waals surface area contributed by atoms with E-state index in [0.717, 1.165) is 32.2 Å². The highest BCUT2D eigenvalue weighted by Crippen LogP contribution is 2.36. The molecule has 3 nitrogen and oxygen atoms in total. The van der Waals surface area contributed by atoms with E-state index in [9.17, 15) is 0 Å². The van der Waals surface area contributed by atoms with Gasteiger partial charge in [-0.1, -0.05) is 28.1 Å². The Morgan fingerprint density at radius 2 is 2.19 bits per heavy atom. The fourth-order valence-electron chi connectivity index (χ4n) is 2.76. The van der Waals surface area contributed by atoms with E-state index in [1.54, 1.807) is 7.11 Å². The molecule has 0 heterocycles. The largest absolute Gasteiger partial charge is 0.383 e. The molecule has 0 bridgehead atoms. The second kappa shape index (κ2) is 8.28. The molecule has 1 aliphatic rings. The zero-order chi connectivity index (χ0) is 15.2. The number of rotatable bonds is 9. The summed E-state index contributed by atoms with van der Waals surface area (Å²) in [5.74, 6) is 0.879. The number of hydrogen-bond donors (Lipinski definition) is 1. The van der Waals surface area contributed by atoms with Crippen molar-refractivity contribution in [1.29, 1.82) is 0 Å². The Balaban J connectivity index is 2.04. The Labute approximate surface area is 137 Å². The average molecular weight is 355 g/mol. The molecular weight excluding hydrogens is 328 g/mol. The molecule has 0 aliphatic heterocycles. The Kier molecular flexibility index (Phi) is 6.68. The predicted octanol–water partition coefficient (Wildman–Crippen LogP) is 3.42. The van der Waals surface area contributed by atoms with Gasteiger partial charge in [-0.3, -0.25) is 4.90 Å². The Morgan fingerprint density at radius 1 is 1.43 bits per heavy atom. The van der Waals surface area contributed by atoms with Gasteiger partial charge in [-0.2, -0.15) is 0 Å². The maximum Gasteiger partial charge on any atom is 0.0589 e. The highest BCUT2D eigenvalue weighted by molar-refractivity contribution is 9.10. The summed E-state index contributed by atoms with van der Waals surface area (Å²) >= 11 is 3.73. The minimum Gasteiger partial charge on any atom is -0.383 e. The molecule has 118 valence electrons. The van der Waals surface area contributed by atoms with E-state index in [1.165, 1.54) is 28.4 Å². The third kappa shape index (κ3) is 5.06. The highest BCUT2D eigenvalue weighted by Gasteiger charge is 2.31. The number of nitrogens with one attached hydrogen (secondary N) is 1. The third-order valence-corrected chi connectivity index (χ3v) is 5.07. The molecule has 1 fully saturated rings. The van der Waals surface area contributed by atoms with E-state index in [-0.39, 0.29) is 0 Å². The third-order valence-electron chi connectivity index (χ3n) is 4.33. The van der Waals surface area contributed by atoms with Gasteiger partial charge in [-0.25, -0.2) is 0 Å². The monoisotopic (exact) mass is 354 g/mol. The Hall–Kier alpha value is -0.420. The smallest absolute Gasteiger partial charge is 0.0589 e. The molecule has 1 saturated carbocycles. The number of methoxy groups -OCH3 is 1. The minimum absolute atomic E-state index is 0.643. The highest BCUT2D eigenvalue weighted by atomic mass is 79.9. The zero-order valence-electron chi connectivity index (χ0n) is 13.4. The van der Waals surface area contributed by atoms with Crippen molar-refractivity contribution < 1.29 is 4.74 Å². The maximum atomic E-state index is 5.28. The van der Waals surface area contributed by atoms with Gasteiger partial charge in [0.25, 0.3) is 0 Å². The normalized spacial score (nSPS) is 16.4. The van der Waals surface area contributed by atoms with Gasteiger partial charge in [0, 0.05) is 37.3 Å². The number of hydrogen-bond acceptors (Lipinski definition) is 3. The first-order valence-corrected chi connectivity index (χ1v) is 8.60. The predicted molar refractivity (Wildman–Crippen MR) is 91.4 cm³/mol. The molecule has 0 radical (unpaired) electrons. The molecule has 0 amide bonds. The average Bonchev–Trinajstić information content (AvgIpc) is 3.30. The van der Waals surface area contributed by atoms with Crippen LogP contribution in [0.3, 0.4) is 0 Å². The molecule has 1 aromatic rings. The van der Waals surface area contributed by atoms with Gasteiger partial charge in [0.2, 0.25) is 0 Å². The first-order chi connectivity index (χ1) is 10.2. The summed E-state index contributed by atoms with van der Waals surface area (Å²) in [5.41, 5.74) is 2.67. The second-order valence-corrected chi connectivity index (χ2v) is 6.85. The summed E-state index contributed by atoms with van der Waals surface area (Å²) in [5, 5.41) is 3.19. The molecule has 0 aromatic heterocycles. The maximum absolute atomic E-state index is 5.28. The first-order valence-electron chi connectivity index (χ1n) is 7.80. The van der Waals surface area contributed by atoms with E-state index >= 15 is 0 Å². The summed E-state index contributed by atoms with van der Waals surface area (Å²) in [6.07, 6.45) is 2.76. The zero-order valence-corrected chi connectivity index (χ0v) is 14.9. The molecule has 0 saturated heterocycles. The van der Waals surface area contributed by atoms with Crippen molar-refractivity contribution in [2.45, 2.75) is 38.9 Å².